The van der Waals surface area contributed by atoms with Crippen molar-refractivity contribution in [2.24, 2.45) is 0 Å². The lowest BCUT2D eigenvalue weighted by molar-refractivity contribution is -0.121. The predicted molar refractivity (Wildman–Crippen MR) is 115 cm³/mol. The fraction of sp³-hybridized carbons (Fsp3) is 0.455. The summed E-state index contributed by atoms with van der Waals surface area (Å²) in [6.07, 6.45) is 5.69. The van der Waals surface area contributed by atoms with E-state index >= 15 is 0 Å². The Labute approximate surface area is 178 Å². The summed E-state index contributed by atoms with van der Waals surface area (Å²) in [7, 11) is 1.62. The SMILES string of the molecule is COc1ccc(CCNC(=O)Cn2cnc3c2c(=O)n(C2CC2)c(=O)n3C2CC2)cc1. The molecule has 9 heteroatoms. The lowest BCUT2D eigenvalue weighted by Gasteiger charge is -2.11. The van der Waals surface area contributed by atoms with Crippen LogP contribution in [0, 0.1) is 0 Å². The second kappa shape index (κ2) is 7.72. The van der Waals surface area contributed by atoms with Gasteiger partial charge in [0.05, 0.1) is 13.4 Å². The molecule has 0 saturated heterocycles. The van der Waals surface area contributed by atoms with Gasteiger partial charge in [0, 0.05) is 18.6 Å². The van der Waals surface area contributed by atoms with Crippen LogP contribution < -0.4 is 21.3 Å². The Morgan fingerprint density at radius 3 is 2.42 bits per heavy atom. The Hall–Kier alpha value is -3.36. The summed E-state index contributed by atoms with van der Waals surface area (Å²) in [6, 6.07) is 7.77. The van der Waals surface area contributed by atoms with Crippen molar-refractivity contribution < 1.29 is 9.53 Å². The van der Waals surface area contributed by atoms with Gasteiger partial charge in [-0.1, -0.05) is 12.1 Å². The van der Waals surface area contributed by atoms with Gasteiger partial charge in [0.2, 0.25) is 5.91 Å². The number of aromatic nitrogens is 4. The lowest BCUT2D eigenvalue weighted by atomic mass is 10.1. The first-order valence-electron chi connectivity index (χ1n) is 10.7. The van der Waals surface area contributed by atoms with Gasteiger partial charge in [0.25, 0.3) is 5.56 Å². The number of imidazole rings is 1. The van der Waals surface area contributed by atoms with E-state index in [1.54, 1.807) is 16.2 Å². The van der Waals surface area contributed by atoms with Crippen molar-refractivity contribution in [2.75, 3.05) is 13.7 Å². The predicted octanol–water partition coefficient (Wildman–Crippen LogP) is 1.40. The lowest BCUT2D eigenvalue weighted by Crippen LogP contribution is -2.40. The molecular formula is C22H25N5O4. The van der Waals surface area contributed by atoms with Gasteiger partial charge in [-0.05, 0) is 49.8 Å². The minimum Gasteiger partial charge on any atom is -0.497 e. The Kier molecular flexibility index (Phi) is 4.88. The van der Waals surface area contributed by atoms with Crippen LogP contribution in [0.15, 0.2) is 40.2 Å². The van der Waals surface area contributed by atoms with Crippen LogP contribution in [0.2, 0.25) is 0 Å². The van der Waals surface area contributed by atoms with E-state index in [0.29, 0.717) is 24.1 Å². The molecule has 2 saturated carbocycles. The van der Waals surface area contributed by atoms with Crippen molar-refractivity contribution >= 4 is 17.1 Å². The number of carbonyl (C=O) groups excluding carboxylic acids is 1. The fourth-order valence-corrected chi connectivity index (χ4v) is 3.96. The molecule has 9 nitrogen and oxygen atoms in total. The quantitative estimate of drug-likeness (QED) is 0.590. The van der Waals surface area contributed by atoms with Gasteiger partial charge < -0.3 is 14.6 Å². The van der Waals surface area contributed by atoms with Crippen LogP contribution in [0.3, 0.4) is 0 Å². The van der Waals surface area contributed by atoms with Gasteiger partial charge in [0.1, 0.15) is 12.3 Å². The average molecular weight is 423 g/mol. The topological polar surface area (TPSA) is 100 Å². The maximum absolute atomic E-state index is 13.1. The van der Waals surface area contributed by atoms with Crippen LogP contribution in [0.1, 0.15) is 43.3 Å². The number of benzene rings is 1. The highest BCUT2D eigenvalue weighted by atomic mass is 16.5. The zero-order chi connectivity index (χ0) is 21.5. The van der Waals surface area contributed by atoms with Crippen molar-refractivity contribution in [3.8, 4) is 5.75 Å². The van der Waals surface area contributed by atoms with Crippen LogP contribution in [-0.4, -0.2) is 38.2 Å². The van der Waals surface area contributed by atoms with Crippen molar-refractivity contribution in [2.45, 2.75) is 50.7 Å². The van der Waals surface area contributed by atoms with E-state index < -0.39 is 0 Å². The van der Waals surface area contributed by atoms with Crippen molar-refractivity contribution in [3.63, 3.8) is 0 Å². The largest absolute Gasteiger partial charge is 0.497 e. The number of carbonyl (C=O) groups is 1. The zero-order valence-corrected chi connectivity index (χ0v) is 17.4. The van der Waals surface area contributed by atoms with Gasteiger partial charge in [-0.2, -0.15) is 0 Å². The summed E-state index contributed by atoms with van der Waals surface area (Å²) in [5, 5.41) is 2.90. The fourth-order valence-electron chi connectivity index (χ4n) is 3.96. The second-order valence-corrected chi connectivity index (χ2v) is 8.28. The molecule has 2 aliphatic rings. The maximum Gasteiger partial charge on any atom is 0.333 e. The number of hydrogen-bond acceptors (Lipinski definition) is 5. The molecule has 31 heavy (non-hydrogen) atoms. The van der Waals surface area contributed by atoms with E-state index in [0.717, 1.165) is 37.0 Å². The molecule has 1 amide bonds. The molecule has 2 fully saturated rings. The third-order valence-electron chi connectivity index (χ3n) is 5.91. The third-order valence-corrected chi connectivity index (χ3v) is 5.91. The van der Waals surface area contributed by atoms with E-state index in [-0.39, 0.29) is 35.8 Å². The summed E-state index contributed by atoms with van der Waals surface area (Å²) in [5.41, 5.74) is 1.21. The van der Waals surface area contributed by atoms with Crippen molar-refractivity contribution in [3.05, 3.63) is 57.0 Å². The molecule has 0 aliphatic heterocycles. The van der Waals surface area contributed by atoms with E-state index in [4.69, 9.17) is 4.74 Å². The first kappa shape index (κ1) is 19.6. The molecule has 5 rings (SSSR count). The number of nitrogens with one attached hydrogen (secondary N) is 1. The molecule has 0 atom stereocenters. The molecule has 0 spiro atoms. The summed E-state index contributed by atoms with van der Waals surface area (Å²) in [5.74, 6) is 0.593. The molecule has 0 bridgehead atoms. The number of fused-ring (bicyclic) bond motifs is 1. The number of ether oxygens (including phenoxy) is 1. The molecule has 0 radical (unpaired) electrons. The van der Waals surface area contributed by atoms with E-state index in [1.807, 2.05) is 24.3 Å². The van der Waals surface area contributed by atoms with Crippen LogP contribution in [0.4, 0.5) is 0 Å². The Morgan fingerprint density at radius 1 is 1.10 bits per heavy atom. The van der Waals surface area contributed by atoms with Crippen LogP contribution in [0.25, 0.3) is 11.2 Å². The van der Waals surface area contributed by atoms with Crippen molar-refractivity contribution in [1.29, 1.82) is 0 Å². The normalized spacial score (nSPS) is 15.9. The van der Waals surface area contributed by atoms with E-state index in [1.165, 1.54) is 10.9 Å². The van der Waals surface area contributed by atoms with Crippen molar-refractivity contribution in [1.82, 2.24) is 24.0 Å². The highest BCUT2D eigenvalue weighted by Gasteiger charge is 2.34. The molecule has 2 aromatic heterocycles. The molecule has 1 aromatic carbocycles. The minimum atomic E-state index is -0.345. The van der Waals surface area contributed by atoms with Gasteiger partial charge in [-0.25, -0.2) is 9.78 Å². The second-order valence-electron chi connectivity index (χ2n) is 8.28. The number of hydrogen-bond donors (Lipinski definition) is 1. The van der Waals surface area contributed by atoms with Gasteiger partial charge in [-0.3, -0.25) is 18.7 Å². The highest BCUT2D eigenvalue weighted by molar-refractivity contribution is 5.79. The average Bonchev–Trinajstić information content (AvgIpc) is 3.68. The number of methoxy groups -OCH3 is 1. The van der Waals surface area contributed by atoms with E-state index in [2.05, 4.69) is 10.3 Å². The molecule has 2 aliphatic carbocycles. The molecule has 0 unspecified atom stereocenters. The first-order chi connectivity index (χ1) is 15.1. The summed E-state index contributed by atoms with van der Waals surface area (Å²) in [4.78, 5) is 42.9. The standard InChI is InChI=1S/C22H25N5O4/c1-31-17-8-2-14(3-9-17)10-11-23-18(28)12-25-13-24-20-19(25)21(29)27(16-6-7-16)22(30)26(20)15-4-5-15/h2-3,8-9,13,15-16H,4-7,10-12H2,1H3,(H,23,28). The zero-order valence-electron chi connectivity index (χ0n) is 17.4. The smallest absolute Gasteiger partial charge is 0.333 e. The van der Waals surface area contributed by atoms with Gasteiger partial charge in [-0.15, -0.1) is 0 Å². The third kappa shape index (κ3) is 3.75. The summed E-state index contributed by atoms with van der Waals surface area (Å²) in [6.45, 7) is 0.471. The molecule has 2 heterocycles. The number of nitrogens with zero attached hydrogens (tertiary/aromatic N) is 4. The summed E-state index contributed by atoms with van der Waals surface area (Å²) < 4.78 is 9.72. The molecule has 3 aromatic rings. The van der Waals surface area contributed by atoms with Gasteiger partial charge in [0.15, 0.2) is 11.2 Å². The first-order valence-corrected chi connectivity index (χ1v) is 10.7. The molecule has 1 N–H and O–H groups in total. The number of amides is 1. The van der Waals surface area contributed by atoms with Crippen LogP contribution >= 0.6 is 0 Å². The Balaban J connectivity index is 1.34. The van der Waals surface area contributed by atoms with Crippen LogP contribution in [-0.2, 0) is 17.8 Å². The molecule has 162 valence electrons. The number of rotatable bonds is 8. The van der Waals surface area contributed by atoms with Gasteiger partial charge >= 0.3 is 5.69 Å². The van der Waals surface area contributed by atoms with E-state index in [9.17, 15) is 14.4 Å². The monoisotopic (exact) mass is 423 g/mol. The van der Waals surface area contributed by atoms with Crippen LogP contribution in [0.5, 0.6) is 5.75 Å². The summed E-state index contributed by atoms with van der Waals surface area (Å²) >= 11 is 0. The Morgan fingerprint density at radius 2 is 1.77 bits per heavy atom. The maximum atomic E-state index is 13.1. The molecular weight excluding hydrogens is 398 g/mol. The highest BCUT2D eigenvalue weighted by Crippen LogP contribution is 2.36. The Bertz CT molecular complexity index is 1250. The minimum absolute atomic E-state index is 0.0120.